The van der Waals surface area contributed by atoms with Crippen molar-refractivity contribution >= 4 is 33.2 Å². The predicted molar refractivity (Wildman–Crippen MR) is 211 cm³/mol. The van der Waals surface area contributed by atoms with Gasteiger partial charge in [-0.3, -0.25) is 0 Å². The van der Waals surface area contributed by atoms with E-state index >= 15 is 0 Å². The van der Waals surface area contributed by atoms with Crippen molar-refractivity contribution in [1.29, 1.82) is 0 Å². The molecule has 50 heavy (non-hydrogen) atoms. The Morgan fingerprint density at radius 1 is 0.640 bits per heavy atom. The lowest BCUT2D eigenvalue weighted by Gasteiger charge is -2.34. The molecule has 0 N–H and O–H groups in total. The Labute approximate surface area is 296 Å². The summed E-state index contributed by atoms with van der Waals surface area (Å²) in [5, 5.41) is 2.64. The first-order valence-electron chi connectivity index (χ1n) is 18.6. The van der Waals surface area contributed by atoms with E-state index in [0.29, 0.717) is 5.92 Å². The van der Waals surface area contributed by atoms with Crippen molar-refractivity contribution in [2.45, 2.75) is 76.5 Å². The van der Waals surface area contributed by atoms with E-state index in [0.717, 1.165) is 32.1 Å². The molecule has 1 aliphatic heterocycles. The summed E-state index contributed by atoms with van der Waals surface area (Å²) in [6, 6.07) is 30.5. The molecule has 2 heterocycles. The molecule has 2 heteroatoms. The highest BCUT2D eigenvalue weighted by Gasteiger charge is 2.42. The molecule has 0 spiro atoms. The van der Waals surface area contributed by atoms with Crippen LogP contribution in [0.5, 0.6) is 0 Å². The van der Waals surface area contributed by atoms with E-state index in [1.54, 1.807) is 5.57 Å². The Morgan fingerprint density at radius 3 is 2.28 bits per heavy atom. The standard InChI is InChI=1S/C48H44N2/c1-47(2)40-17-9-8-15-36(40)37-27-25-35(30-43(37)47)49(33-23-21-32(22-24-33)31-13-6-5-7-14-31)34-26-28-44-39(29-34)38-16-12-19-42-46(38)50(44)45-20-11-10-18-41(45)48(42,3)4/h5-6,8-13,16-21,23,25-30,36H,7,14-15,22,24H2,1-4H3. The van der Waals surface area contributed by atoms with Gasteiger partial charge in [-0.25, -0.2) is 0 Å². The van der Waals surface area contributed by atoms with E-state index in [2.05, 4.69) is 165 Å². The van der Waals surface area contributed by atoms with Crippen LogP contribution in [0.15, 0.2) is 150 Å². The number of aromatic nitrogens is 1. The molecule has 5 aromatic rings. The summed E-state index contributed by atoms with van der Waals surface area (Å²) in [7, 11) is 0. The number of rotatable bonds is 4. The van der Waals surface area contributed by atoms with E-state index in [1.165, 1.54) is 78.0 Å². The number of allylic oxidation sites excluding steroid dienone is 12. The van der Waals surface area contributed by atoms with Crippen molar-refractivity contribution < 1.29 is 0 Å². The number of benzene rings is 4. The lowest BCUT2D eigenvalue weighted by molar-refractivity contribution is 0.612. The van der Waals surface area contributed by atoms with Crippen LogP contribution in [0.1, 0.15) is 88.0 Å². The largest absolute Gasteiger partial charge is 0.314 e. The Morgan fingerprint density at radius 2 is 1.44 bits per heavy atom. The molecule has 0 fully saturated rings. The van der Waals surface area contributed by atoms with Crippen LogP contribution in [0, 0.1) is 0 Å². The lowest BCUT2D eigenvalue weighted by Crippen LogP contribution is -2.26. The van der Waals surface area contributed by atoms with Crippen LogP contribution < -0.4 is 4.90 Å². The summed E-state index contributed by atoms with van der Waals surface area (Å²) >= 11 is 0. The van der Waals surface area contributed by atoms with Crippen LogP contribution in [0.4, 0.5) is 11.4 Å². The van der Waals surface area contributed by atoms with E-state index < -0.39 is 0 Å². The van der Waals surface area contributed by atoms with E-state index in [9.17, 15) is 0 Å². The number of hydrogen-bond donors (Lipinski definition) is 0. The molecule has 0 radical (unpaired) electrons. The van der Waals surface area contributed by atoms with Gasteiger partial charge >= 0.3 is 0 Å². The third kappa shape index (κ3) is 4.14. The van der Waals surface area contributed by atoms with E-state index in [4.69, 9.17) is 0 Å². The molecular formula is C48H44N2. The number of anilines is 2. The van der Waals surface area contributed by atoms with Crippen LogP contribution in [0.2, 0.25) is 0 Å². The van der Waals surface area contributed by atoms with Gasteiger partial charge in [0.25, 0.3) is 0 Å². The van der Waals surface area contributed by atoms with Gasteiger partial charge in [-0.1, -0.05) is 118 Å². The summed E-state index contributed by atoms with van der Waals surface area (Å²) in [6.45, 7) is 9.60. The number of nitrogens with zero attached hydrogens (tertiary/aromatic N) is 2. The Bertz CT molecular complexity index is 2460. The van der Waals surface area contributed by atoms with Crippen molar-refractivity contribution in [1.82, 2.24) is 4.57 Å². The van der Waals surface area contributed by atoms with E-state index in [-0.39, 0.29) is 10.8 Å². The fourth-order valence-corrected chi connectivity index (χ4v) is 9.98. The van der Waals surface area contributed by atoms with Crippen LogP contribution in [-0.4, -0.2) is 4.57 Å². The number of fused-ring (bicyclic) bond motifs is 8. The number of hydrogen-bond acceptors (Lipinski definition) is 1. The third-order valence-corrected chi connectivity index (χ3v) is 12.6. The topological polar surface area (TPSA) is 8.17 Å². The van der Waals surface area contributed by atoms with Crippen LogP contribution >= 0.6 is 0 Å². The zero-order valence-electron chi connectivity index (χ0n) is 29.6. The van der Waals surface area contributed by atoms with Gasteiger partial charge in [-0.2, -0.15) is 0 Å². The first-order valence-corrected chi connectivity index (χ1v) is 18.6. The molecule has 10 rings (SSSR count). The van der Waals surface area contributed by atoms with Gasteiger partial charge in [-0.15, -0.1) is 0 Å². The van der Waals surface area contributed by atoms with Crippen molar-refractivity contribution in [3.05, 3.63) is 172 Å². The Kier molecular flexibility index (Phi) is 6.38. The minimum absolute atomic E-state index is 0.00462. The molecule has 0 saturated carbocycles. The molecule has 5 aliphatic rings. The summed E-state index contributed by atoms with van der Waals surface area (Å²) in [5.74, 6) is 0.489. The van der Waals surface area contributed by atoms with Gasteiger partial charge in [0.05, 0.1) is 16.7 Å². The molecule has 1 unspecified atom stereocenters. The highest BCUT2D eigenvalue weighted by atomic mass is 15.2. The Balaban J connectivity index is 1.18. The molecule has 1 aromatic heterocycles. The summed E-state index contributed by atoms with van der Waals surface area (Å²) < 4.78 is 2.53. The minimum atomic E-state index is -0.0742. The van der Waals surface area contributed by atoms with Gasteiger partial charge in [0, 0.05) is 44.6 Å². The smallest absolute Gasteiger partial charge is 0.0582 e. The molecule has 0 amide bonds. The van der Waals surface area contributed by atoms with Gasteiger partial charge in [0.1, 0.15) is 0 Å². The van der Waals surface area contributed by atoms with Crippen molar-refractivity contribution in [3.8, 4) is 5.69 Å². The molecule has 246 valence electrons. The highest BCUT2D eigenvalue weighted by molar-refractivity contribution is 6.12. The predicted octanol–water partition coefficient (Wildman–Crippen LogP) is 12.7. The monoisotopic (exact) mass is 648 g/mol. The van der Waals surface area contributed by atoms with Crippen LogP contribution in [0.25, 0.3) is 27.5 Å². The molecule has 1 atom stereocenters. The second-order valence-electron chi connectivity index (χ2n) is 16.0. The summed E-state index contributed by atoms with van der Waals surface area (Å²) in [5.41, 5.74) is 18.0. The third-order valence-electron chi connectivity index (χ3n) is 12.6. The maximum absolute atomic E-state index is 2.57. The SMILES string of the molecule is CC1(C)C2=CC=CCC2c2ccc(N(C3=CC=C(C4=CC=CCC4)CC3)c3ccc4c(c3)c3cccc5c3n4-c3ccccc3C5(C)C)cc21. The fourth-order valence-electron chi connectivity index (χ4n) is 9.98. The van der Waals surface area contributed by atoms with Gasteiger partial charge in [0.15, 0.2) is 0 Å². The van der Waals surface area contributed by atoms with Crippen LogP contribution in [0.3, 0.4) is 0 Å². The second-order valence-corrected chi connectivity index (χ2v) is 16.0. The Hall–Kier alpha value is -5.08. The maximum atomic E-state index is 2.57. The average Bonchev–Trinajstić information content (AvgIpc) is 3.60. The maximum Gasteiger partial charge on any atom is 0.0582 e. The van der Waals surface area contributed by atoms with Gasteiger partial charge in [-0.05, 0) is 108 Å². The zero-order valence-corrected chi connectivity index (χ0v) is 29.6. The normalized spacial score (nSPS) is 20.8. The molecule has 0 bridgehead atoms. The lowest BCUT2D eigenvalue weighted by atomic mass is 9.75. The molecular weight excluding hydrogens is 605 g/mol. The van der Waals surface area contributed by atoms with Crippen molar-refractivity contribution in [2.75, 3.05) is 4.90 Å². The van der Waals surface area contributed by atoms with Crippen LogP contribution in [-0.2, 0) is 10.8 Å². The first kappa shape index (κ1) is 29.8. The van der Waals surface area contributed by atoms with Crippen molar-refractivity contribution in [3.63, 3.8) is 0 Å². The van der Waals surface area contributed by atoms with Gasteiger partial charge < -0.3 is 9.47 Å². The second kappa shape index (κ2) is 10.7. The average molecular weight is 649 g/mol. The molecule has 2 nitrogen and oxygen atoms in total. The van der Waals surface area contributed by atoms with Gasteiger partial charge in [0.2, 0.25) is 0 Å². The zero-order chi connectivity index (χ0) is 33.8. The molecule has 4 aromatic carbocycles. The van der Waals surface area contributed by atoms with E-state index in [1.807, 2.05) is 0 Å². The summed E-state index contributed by atoms with van der Waals surface area (Å²) in [4.78, 5) is 2.57. The van der Waals surface area contributed by atoms with Crippen molar-refractivity contribution in [2.24, 2.45) is 0 Å². The molecule has 4 aliphatic carbocycles. The molecule has 0 saturated heterocycles. The quantitative estimate of drug-likeness (QED) is 0.188. The summed E-state index contributed by atoms with van der Waals surface area (Å²) in [6.07, 6.45) is 24.1. The first-order chi connectivity index (χ1) is 24.3. The highest BCUT2D eigenvalue weighted by Crippen LogP contribution is 2.54. The fraction of sp³-hybridized carbons (Fsp3) is 0.250. The minimum Gasteiger partial charge on any atom is -0.314 e. The number of para-hydroxylation sites is 2.